The van der Waals surface area contributed by atoms with Gasteiger partial charge in [-0.1, -0.05) is 6.07 Å². The van der Waals surface area contributed by atoms with E-state index in [2.05, 4.69) is 9.72 Å². The highest BCUT2D eigenvalue weighted by molar-refractivity contribution is 6.08. The maximum atomic E-state index is 12.3. The second-order valence-electron chi connectivity index (χ2n) is 3.94. The Kier molecular flexibility index (Phi) is 2.40. The minimum absolute atomic E-state index is 0.0433. The van der Waals surface area contributed by atoms with E-state index in [-0.39, 0.29) is 5.75 Å². The summed E-state index contributed by atoms with van der Waals surface area (Å²) in [7, 11) is 0. The van der Waals surface area contributed by atoms with E-state index < -0.39 is 6.61 Å². The fourth-order valence-electron chi connectivity index (χ4n) is 2.06. The molecule has 0 fully saturated rings. The zero-order valence-electron chi connectivity index (χ0n) is 9.48. The van der Waals surface area contributed by atoms with Gasteiger partial charge in [0.1, 0.15) is 5.58 Å². The molecule has 0 saturated carbocycles. The number of rotatable bonds is 2. The highest BCUT2D eigenvalue weighted by Crippen LogP contribution is 2.36. The number of halogens is 2. The molecule has 5 heteroatoms. The van der Waals surface area contributed by atoms with Crippen LogP contribution in [0.3, 0.4) is 0 Å². The molecule has 0 saturated heterocycles. The Labute approximate surface area is 101 Å². The van der Waals surface area contributed by atoms with Crippen LogP contribution < -0.4 is 4.74 Å². The van der Waals surface area contributed by atoms with Gasteiger partial charge < -0.3 is 9.15 Å². The lowest BCUT2D eigenvalue weighted by Gasteiger charge is -2.05. The molecule has 92 valence electrons. The van der Waals surface area contributed by atoms with Crippen molar-refractivity contribution in [3.8, 4) is 5.75 Å². The molecular weight excluding hydrogens is 240 g/mol. The van der Waals surface area contributed by atoms with Crippen molar-refractivity contribution < 1.29 is 17.9 Å². The third-order valence-corrected chi connectivity index (χ3v) is 2.81. The van der Waals surface area contributed by atoms with Crippen LogP contribution in [-0.2, 0) is 0 Å². The van der Waals surface area contributed by atoms with E-state index in [4.69, 9.17) is 4.42 Å². The fourth-order valence-corrected chi connectivity index (χ4v) is 2.06. The highest BCUT2D eigenvalue weighted by atomic mass is 19.3. The molecule has 0 unspecified atom stereocenters. The van der Waals surface area contributed by atoms with E-state index in [1.165, 1.54) is 6.07 Å². The van der Waals surface area contributed by atoms with Gasteiger partial charge in [0, 0.05) is 23.2 Å². The van der Waals surface area contributed by atoms with Crippen LogP contribution in [0.25, 0.3) is 21.9 Å². The summed E-state index contributed by atoms with van der Waals surface area (Å²) in [6.07, 6.45) is 3.24. The van der Waals surface area contributed by atoms with Crippen molar-refractivity contribution in [3.05, 3.63) is 36.2 Å². The van der Waals surface area contributed by atoms with Crippen LogP contribution in [0, 0.1) is 6.92 Å². The first-order chi connectivity index (χ1) is 8.66. The van der Waals surface area contributed by atoms with Crippen LogP contribution in [0.4, 0.5) is 8.78 Å². The van der Waals surface area contributed by atoms with Crippen LogP contribution in [0.15, 0.2) is 35.0 Å². The number of hydrogen-bond donors (Lipinski definition) is 0. The van der Waals surface area contributed by atoms with E-state index in [1.807, 2.05) is 6.92 Å². The summed E-state index contributed by atoms with van der Waals surface area (Å²) in [6, 6.07) is 4.91. The summed E-state index contributed by atoms with van der Waals surface area (Å²) in [4.78, 5) is 4.02. The highest BCUT2D eigenvalue weighted by Gasteiger charge is 2.16. The van der Waals surface area contributed by atoms with Crippen molar-refractivity contribution in [2.24, 2.45) is 0 Å². The summed E-state index contributed by atoms with van der Waals surface area (Å²) in [5.74, 6) is 0.0433. The number of furan rings is 1. The SMILES string of the molecule is Cc1ccc(OC(F)F)c2oc3ccncc3c12. The van der Waals surface area contributed by atoms with Gasteiger partial charge >= 0.3 is 6.61 Å². The number of alkyl halides is 2. The third-order valence-electron chi connectivity index (χ3n) is 2.81. The van der Waals surface area contributed by atoms with E-state index in [9.17, 15) is 8.78 Å². The van der Waals surface area contributed by atoms with E-state index >= 15 is 0 Å². The molecule has 0 amide bonds. The number of pyridine rings is 1. The molecule has 0 bridgehead atoms. The predicted molar refractivity (Wildman–Crippen MR) is 62.9 cm³/mol. The lowest BCUT2D eigenvalue weighted by atomic mass is 10.1. The number of ether oxygens (including phenoxy) is 1. The third kappa shape index (κ3) is 1.59. The van der Waals surface area contributed by atoms with Crippen LogP contribution >= 0.6 is 0 Å². The van der Waals surface area contributed by atoms with Crippen molar-refractivity contribution in [2.75, 3.05) is 0 Å². The molecule has 0 aliphatic carbocycles. The molecule has 2 aromatic heterocycles. The Morgan fingerprint density at radius 1 is 1.28 bits per heavy atom. The summed E-state index contributed by atoms with van der Waals surface area (Å²) in [6.45, 7) is -0.988. The first-order valence-electron chi connectivity index (χ1n) is 5.37. The zero-order chi connectivity index (χ0) is 12.7. The average Bonchev–Trinajstić information content (AvgIpc) is 2.72. The maximum Gasteiger partial charge on any atom is 0.387 e. The fraction of sp³-hybridized carbons (Fsp3) is 0.154. The van der Waals surface area contributed by atoms with Crippen LogP contribution in [0.5, 0.6) is 5.75 Å². The van der Waals surface area contributed by atoms with Gasteiger partial charge in [-0.05, 0) is 24.6 Å². The Balaban J connectivity index is 2.37. The first-order valence-corrected chi connectivity index (χ1v) is 5.37. The van der Waals surface area contributed by atoms with E-state index in [0.717, 1.165) is 16.3 Å². The summed E-state index contributed by atoms with van der Waals surface area (Å²) >= 11 is 0. The molecule has 2 heterocycles. The molecule has 0 aliphatic heterocycles. The number of nitrogens with zero attached hydrogens (tertiary/aromatic N) is 1. The summed E-state index contributed by atoms with van der Waals surface area (Å²) < 4.78 is 34.7. The molecule has 3 aromatic rings. The number of hydrogen-bond acceptors (Lipinski definition) is 3. The van der Waals surface area contributed by atoms with Crippen LogP contribution in [-0.4, -0.2) is 11.6 Å². The van der Waals surface area contributed by atoms with Gasteiger partial charge in [-0.2, -0.15) is 8.78 Å². The van der Waals surface area contributed by atoms with Gasteiger partial charge in [0.2, 0.25) is 0 Å². The van der Waals surface area contributed by atoms with Crippen LogP contribution in [0.2, 0.25) is 0 Å². The molecule has 0 atom stereocenters. The zero-order valence-corrected chi connectivity index (χ0v) is 9.48. The molecule has 0 N–H and O–H groups in total. The smallest absolute Gasteiger partial charge is 0.387 e. The van der Waals surface area contributed by atoms with Crippen molar-refractivity contribution in [3.63, 3.8) is 0 Å². The standard InChI is InChI=1S/C13H9F2NO2/c1-7-2-3-10(18-13(14)15)12-11(7)8-6-16-5-4-9(8)17-12/h2-6,13H,1H3. The lowest BCUT2D eigenvalue weighted by Crippen LogP contribution is -2.02. The van der Waals surface area contributed by atoms with Crippen molar-refractivity contribution in [1.82, 2.24) is 4.98 Å². The molecule has 3 nitrogen and oxygen atoms in total. The van der Waals surface area contributed by atoms with Gasteiger partial charge in [-0.15, -0.1) is 0 Å². The number of fused-ring (bicyclic) bond motifs is 3. The Hall–Kier alpha value is -2.17. The monoisotopic (exact) mass is 249 g/mol. The topological polar surface area (TPSA) is 35.3 Å². The minimum atomic E-state index is -2.87. The van der Waals surface area contributed by atoms with Gasteiger partial charge in [0.15, 0.2) is 11.3 Å². The number of benzene rings is 1. The van der Waals surface area contributed by atoms with Gasteiger partial charge in [-0.25, -0.2) is 0 Å². The molecular formula is C13H9F2NO2. The molecule has 0 radical (unpaired) electrons. The minimum Gasteiger partial charge on any atom is -0.452 e. The van der Waals surface area contributed by atoms with Crippen LogP contribution in [0.1, 0.15) is 5.56 Å². The Morgan fingerprint density at radius 2 is 2.11 bits per heavy atom. The normalized spacial score (nSPS) is 11.6. The number of aryl methyl sites for hydroxylation is 1. The second kappa shape index (κ2) is 3.94. The van der Waals surface area contributed by atoms with E-state index in [1.54, 1.807) is 24.5 Å². The number of aromatic nitrogens is 1. The van der Waals surface area contributed by atoms with Crippen molar-refractivity contribution in [1.29, 1.82) is 0 Å². The van der Waals surface area contributed by atoms with Crippen molar-refractivity contribution >= 4 is 21.9 Å². The molecule has 0 spiro atoms. The van der Waals surface area contributed by atoms with Gasteiger partial charge in [-0.3, -0.25) is 4.98 Å². The van der Waals surface area contributed by atoms with E-state index in [0.29, 0.717) is 11.2 Å². The maximum absolute atomic E-state index is 12.3. The molecule has 3 rings (SSSR count). The average molecular weight is 249 g/mol. The van der Waals surface area contributed by atoms with Gasteiger partial charge in [0.05, 0.1) is 0 Å². The summed E-state index contributed by atoms with van der Waals surface area (Å²) in [5, 5.41) is 1.56. The first kappa shape index (κ1) is 11.0. The second-order valence-corrected chi connectivity index (χ2v) is 3.94. The van der Waals surface area contributed by atoms with Crippen molar-refractivity contribution in [2.45, 2.75) is 13.5 Å². The Morgan fingerprint density at radius 3 is 2.89 bits per heavy atom. The Bertz CT molecular complexity index is 721. The summed E-state index contributed by atoms with van der Waals surface area (Å²) in [5.41, 5.74) is 1.87. The lowest BCUT2D eigenvalue weighted by molar-refractivity contribution is -0.0493. The quantitative estimate of drug-likeness (QED) is 0.691. The largest absolute Gasteiger partial charge is 0.452 e. The molecule has 1 aromatic carbocycles. The van der Waals surface area contributed by atoms with Gasteiger partial charge in [0.25, 0.3) is 0 Å². The molecule has 18 heavy (non-hydrogen) atoms. The molecule has 0 aliphatic rings. The predicted octanol–water partition coefficient (Wildman–Crippen LogP) is 3.89.